The van der Waals surface area contributed by atoms with Crippen molar-refractivity contribution in [2.45, 2.75) is 26.3 Å². The third-order valence-corrected chi connectivity index (χ3v) is 2.44. The zero-order chi connectivity index (χ0) is 12.5. The highest BCUT2D eigenvalue weighted by molar-refractivity contribution is 5.73. The normalized spacial score (nSPS) is 10.0. The second kappa shape index (κ2) is 7.68. The summed E-state index contributed by atoms with van der Waals surface area (Å²) in [6, 6.07) is 8.02. The molecule has 1 aromatic rings. The molecule has 0 spiro atoms. The topological polar surface area (TPSA) is 67.2 Å². The van der Waals surface area contributed by atoms with Gasteiger partial charge in [-0.2, -0.15) is 0 Å². The van der Waals surface area contributed by atoms with Crippen LogP contribution in [0.5, 0.6) is 0 Å². The van der Waals surface area contributed by atoms with Gasteiger partial charge in [-0.05, 0) is 30.5 Å². The fourth-order valence-electron chi connectivity index (χ4n) is 1.47. The first-order chi connectivity index (χ1) is 8.26. The average Bonchev–Trinajstić information content (AvgIpc) is 2.36. The van der Waals surface area contributed by atoms with Crippen LogP contribution in [0.1, 0.15) is 24.5 Å². The van der Waals surface area contributed by atoms with Gasteiger partial charge in [-0.1, -0.05) is 31.2 Å². The second-order valence-electron chi connectivity index (χ2n) is 3.96. The molecule has 0 aliphatic carbocycles. The molecule has 4 N–H and O–H groups in total. The van der Waals surface area contributed by atoms with Crippen LogP contribution in [0.3, 0.4) is 0 Å². The molecule has 17 heavy (non-hydrogen) atoms. The van der Waals surface area contributed by atoms with Crippen molar-refractivity contribution in [1.82, 2.24) is 10.6 Å². The Bertz CT molecular complexity index is 335. The first-order valence-corrected chi connectivity index (χ1v) is 6.06. The van der Waals surface area contributed by atoms with Gasteiger partial charge in [-0.25, -0.2) is 4.79 Å². The number of nitrogens with one attached hydrogen (secondary N) is 2. The monoisotopic (exact) mass is 235 g/mol. The Balaban J connectivity index is 2.34. The van der Waals surface area contributed by atoms with E-state index in [0.717, 1.165) is 18.4 Å². The van der Waals surface area contributed by atoms with Crippen molar-refractivity contribution >= 4 is 6.03 Å². The molecule has 0 bridgehead atoms. The van der Waals surface area contributed by atoms with Gasteiger partial charge in [-0.15, -0.1) is 0 Å². The highest BCUT2D eigenvalue weighted by Gasteiger charge is 1.99. The summed E-state index contributed by atoms with van der Waals surface area (Å²) in [7, 11) is 0. The van der Waals surface area contributed by atoms with Crippen LogP contribution in [0.4, 0.5) is 4.79 Å². The lowest BCUT2D eigenvalue weighted by molar-refractivity contribution is 0.240. The van der Waals surface area contributed by atoms with Crippen molar-refractivity contribution in [1.29, 1.82) is 0 Å². The van der Waals surface area contributed by atoms with E-state index < -0.39 is 0 Å². The molecule has 94 valence electrons. The van der Waals surface area contributed by atoms with Gasteiger partial charge in [0.15, 0.2) is 0 Å². The predicted octanol–water partition coefficient (Wildman–Crippen LogP) is 1.40. The summed E-state index contributed by atoms with van der Waals surface area (Å²) >= 11 is 0. The maximum absolute atomic E-state index is 11.3. The molecule has 1 aromatic carbocycles. The van der Waals surface area contributed by atoms with Crippen LogP contribution in [0.25, 0.3) is 0 Å². The molecule has 4 heteroatoms. The van der Waals surface area contributed by atoms with Crippen molar-refractivity contribution in [2.75, 3.05) is 13.1 Å². The molecule has 0 aromatic heterocycles. The van der Waals surface area contributed by atoms with E-state index >= 15 is 0 Å². The maximum atomic E-state index is 11.3. The van der Waals surface area contributed by atoms with Crippen LogP contribution in [-0.2, 0) is 13.0 Å². The van der Waals surface area contributed by atoms with Crippen LogP contribution in [0.15, 0.2) is 24.3 Å². The van der Waals surface area contributed by atoms with Crippen molar-refractivity contribution in [3.63, 3.8) is 0 Å². The molecule has 2 amide bonds. The molecule has 0 unspecified atom stereocenters. The van der Waals surface area contributed by atoms with Crippen molar-refractivity contribution in [2.24, 2.45) is 5.73 Å². The summed E-state index contributed by atoms with van der Waals surface area (Å²) in [5, 5.41) is 5.58. The number of carbonyl (C=O) groups is 1. The smallest absolute Gasteiger partial charge is 0.315 e. The minimum Gasteiger partial charge on any atom is -0.338 e. The van der Waals surface area contributed by atoms with Gasteiger partial charge < -0.3 is 16.4 Å². The number of benzene rings is 1. The number of hydrogen-bond donors (Lipinski definition) is 3. The van der Waals surface area contributed by atoms with Crippen LogP contribution in [0, 0.1) is 0 Å². The predicted molar refractivity (Wildman–Crippen MR) is 69.7 cm³/mol. The highest BCUT2D eigenvalue weighted by Crippen LogP contribution is 2.04. The van der Waals surface area contributed by atoms with Crippen LogP contribution in [0.2, 0.25) is 0 Å². The van der Waals surface area contributed by atoms with Gasteiger partial charge in [0, 0.05) is 13.1 Å². The zero-order valence-electron chi connectivity index (χ0n) is 10.3. The summed E-state index contributed by atoms with van der Waals surface area (Å²) < 4.78 is 0. The molecule has 0 atom stereocenters. The lowest BCUT2D eigenvalue weighted by Gasteiger charge is -2.07. The molecule has 0 fully saturated rings. The standard InChI is InChI=1S/C13H21N3O/c1-2-9-15-13(17)16-10-12-5-3-11(4-6-12)7-8-14/h3-6H,2,7-10,14H2,1H3,(H2,15,16,17). The van der Waals surface area contributed by atoms with Crippen LogP contribution < -0.4 is 16.4 Å². The van der Waals surface area contributed by atoms with Gasteiger partial charge in [0.1, 0.15) is 0 Å². The first-order valence-electron chi connectivity index (χ1n) is 6.06. The van der Waals surface area contributed by atoms with Crippen LogP contribution >= 0.6 is 0 Å². The molecule has 0 aliphatic heterocycles. The zero-order valence-corrected chi connectivity index (χ0v) is 10.3. The summed E-state index contributed by atoms with van der Waals surface area (Å²) in [4.78, 5) is 11.3. The van der Waals surface area contributed by atoms with Crippen molar-refractivity contribution < 1.29 is 4.79 Å². The van der Waals surface area contributed by atoms with E-state index in [1.54, 1.807) is 0 Å². The molecule has 4 nitrogen and oxygen atoms in total. The third kappa shape index (κ3) is 5.36. The van der Waals surface area contributed by atoms with E-state index in [9.17, 15) is 4.79 Å². The van der Waals surface area contributed by atoms with E-state index in [2.05, 4.69) is 10.6 Å². The minimum absolute atomic E-state index is 0.113. The molecule has 0 saturated heterocycles. The number of hydrogen-bond acceptors (Lipinski definition) is 2. The Morgan fingerprint density at radius 2 is 1.82 bits per heavy atom. The SMILES string of the molecule is CCCNC(=O)NCc1ccc(CCN)cc1. The second-order valence-corrected chi connectivity index (χ2v) is 3.96. The van der Waals surface area contributed by atoms with Crippen molar-refractivity contribution in [3.8, 4) is 0 Å². The molecule has 0 heterocycles. The fourth-order valence-corrected chi connectivity index (χ4v) is 1.47. The van der Waals surface area contributed by atoms with E-state index in [1.807, 2.05) is 31.2 Å². The number of rotatable bonds is 6. The molecule has 0 radical (unpaired) electrons. The Kier molecular flexibility index (Phi) is 6.10. The fraction of sp³-hybridized carbons (Fsp3) is 0.462. The third-order valence-electron chi connectivity index (χ3n) is 2.44. The first kappa shape index (κ1) is 13.5. The lowest BCUT2D eigenvalue weighted by Crippen LogP contribution is -2.35. The maximum Gasteiger partial charge on any atom is 0.315 e. The molecule has 0 saturated carbocycles. The van der Waals surface area contributed by atoms with E-state index in [4.69, 9.17) is 5.73 Å². The van der Waals surface area contributed by atoms with E-state index in [-0.39, 0.29) is 6.03 Å². The summed E-state index contributed by atoms with van der Waals surface area (Å²) in [6.45, 7) is 3.95. The Morgan fingerprint density at radius 1 is 1.18 bits per heavy atom. The molecular formula is C13H21N3O. The van der Waals surface area contributed by atoms with Gasteiger partial charge in [-0.3, -0.25) is 0 Å². The van der Waals surface area contributed by atoms with Gasteiger partial charge in [0.2, 0.25) is 0 Å². The number of amides is 2. The van der Waals surface area contributed by atoms with Crippen molar-refractivity contribution in [3.05, 3.63) is 35.4 Å². The lowest BCUT2D eigenvalue weighted by atomic mass is 10.1. The van der Waals surface area contributed by atoms with E-state index in [0.29, 0.717) is 19.6 Å². The summed E-state index contributed by atoms with van der Waals surface area (Å²) in [5.74, 6) is 0. The van der Waals surface area contributed by atoms with Crippen LogP contribution in [-0.4, -0.2) is 19.1 Å². The average molecular weight is 235 g/mol. The Morgan fingerprint density at radius 3 is 2.41 bits per heavy atom. The number of urea groups is 1. The number of carbonyl (C=O) groups excluding carboxylic acids is 1. The van der Waals surface area contributed by atoms with Gasteiger partial charge in [0.05, 0.1) is 0 Å². The molecular weight excluding hydrogens is 214 g/mol. The number of nitrogens with two attached hydrogens (primary N) is 1. The van der Waals surface area contributed by atoms with Gasteiger partial charge in [0.25, 0.3) is 0 Å². The highest BCUT2D eigenvalue weighted by atomic mass is 16.2. The largest absolute Gasteiger partial charge is 0.338 e. The molecule has 1 rings (SSSR count). The summed E-state index contributed by atoms with van der Waals surface area (Å²) in [5.41, 5.74) is 7.80. The summed E-state index contributed by atoms with van der Waals surface area (Å²) in [6.07, 6.45) is 1.84. The van der Waals surface area contributed by atoms with E-state index in [1.165, 1.54) is 5.56 Å². The minimum atomic E-state index is -0.113. The Labute approximate surface area is 103 Å². The molecule has 0 aliphatic rings. The van der Waals surface area contributed by atoms with Gasteiger partial charge >= 0.3 is 6.03 Å². The quantitative estimate of drug-likeness (QED) is 0.697. The Hall–Kier alpha value is -1.55.